The molecule has 0 spiro atoms. The number of carbonyl (C=O) groups is 1. The highest BCUT2D eigenvalue weighted by atomic mass is 32.1. The molecule has 1 N–H and O–H groups in total. The summed E-state index contributed by atoms with van der Waals surface area (Å²) >= 11 is 1.62. The van der Waals surface area contributed by atoms with Crippen molar-refractivity contribution < 1.29 is 4.79 Å². The third kappa shape index (κ3) is 4.23. The van der Waals surface area contributed by atoms with Gasteiger partial charge in [-0.2, -0.15) is 5.10 Å². The van der Waals surface area contributed by atoms with Crippen LogP contribution >= 0.6 is 11.3 Å². The van der Waals surface area contributed by atoms with Crippen molar-refractivity contribution in [3.63, 3.8) is 0 Å². The molecule has 1 aliphatic rings. The van der Waals surface area contributed by atoms with E-state index in [-0.39, 0.29) is 11.9 Å². The number of amides is 1. The second kappa shape index (κ2) is 8.70. The van der Waals surface area contributed by atoms with E-state index in [0.717, 1.165) is 57.4 Å². The van der Waals surface area contributed by atoms with Gasteiger partial charge in [0.05, 0.1) is 30.0 Å². The van der Waals surface area contributed by atoms with E-state index >= 15 is 0 Å². The lowest BCUT2D eigenvalue weighted by molar-refractivity contribution is -0.132. The Hall–Kier alpha value is -3.26. The van der Waals surface area contributed by atoms with Gasteiger partial charge in [0.15, 0.2) is 5.13 Å². The SMILES string of the molecule is Cc1cc(Nc2ncc(C)s2)cc([C@@H]2CCCN2C(=O)CCn2ncc3ccccc32)n1. The van der Waals surface area contributed by atoms with Gasteiger partial charge in [-0.1, -0.05) is 18.2 Å². The number of aryl methyl sites for hydroxylation is 3. The number of hydrogen-bond donors (Lipinski definition) is 1. The van der Waals surface area contributed by atoms with E-state index in [1.54, 1.807) is 11.3 Å². The Bertz CT molecular complexity index is 1260. The molecule has 7 nitrogen and oxygen atoms in total. The zero-order chi connectivity index (χ0) is 22.1. The number of benzene rings is 1. The van der Waals surface area contributed by atoms with Gasteiger partial charge in [0.25, 0.3) is 0 Å². The summed E-state index contributed by atoms with van der Waals surface area (Å²) in [6, 6.07) is 12.2. The van der Waals surface area contributed by atoms with Gasteiger partial charge in [0.2, 0.25) is 5.91 Å². The molecule has 0 unspecified atom stereocenters. The Labute approximate surface area is 191 Å². The molecule has 1 aliphatic heterocycles. The fourth-order valence-corrected chi connectivity index (χ4v) is 5.08. The lowest BCUT2D eigenvalue weighted by Gasteiger charge is -2.25. The number of rotatable bonds is 6. The summed E-state index contributed by atoms with van der Waals surface area (Å²) in [4.78, 5) is 25.5. The van der Waals surface area contributed by atoms with Crippen LogP contribution in [0.4, 0.5) is 10.8 Å². The molecular formula is C24H26N6OS. The first-order valence-electron chi connectivity index (χ1n) is 10.9. The van der Waals surface area contributed by atoms with E-state index in [9.17, 15) is 4.79 Å². The number of thiazole rings is 1. The zero-order valence-electron chi connectivity index (χ0n) is 18.3. The molecule has 1 aromatic carbocycles. The first-order chi connectivity index (χ1) is 15.6. The van der Waals surface area contributed by atoms with Gasteiger partial charge in [0, 0.05) is 40.8 Å². The van der Waals surface area contributed by atoms with E-state index in [1.165, 1.54) is 0 Å². The number of para-hydroxylation sites is 1. The highest BCUT2D eigenvalue weighted by Gasteiger charge is 2.31. The van der Waals surface area contributed by atoms with Gasteiger partial charge in [-0.15, -0.1) is 11.3 Å². The van der Waals surface area contributed by atoms with Crippen LogP contribution in [0.5, 0.6) is 0 Å². The van der Waals surface area contributed by atoms with Gasteiger partial charge in [-0.25, -0.2) is 4.98 Å². The molecule has 0 aliphatic carbocycles. The third-order valence-electron chi connectivity index (χ3n) is 5.85. The Morgan fingerprint density at radius 3 is 2.94 bits per heavy atom. The number of nitrogens with zero attached hydrogens (tertiary/aromatic N) is 5. The number of likely N-dealkylation sites (tertiary alicyclic amines) is 1. The number of aromatic nitrogens is 4. The summed E-state index contributed by atoms with van der Waals surface area (Å²) in [6.45, 7) is 5.38. The molecule has 32 heavy (non-hydrogen) atoms. The molecule has 8 heteroatoms. The van der Waals surface area contributed by atoms with Gasteiger partial charge in [-0.3, -0.25) is 14.5 Å². The molecule has 4 heterocycles. The van der Waals surface area contributed by atoms with Crippen molar-refractivity contribution in [2.75, 3.05) is 11.9 Å². The predicted molar refractivity (Wildman–Crippen MR) is 127 cm³/mol. The van der Waals surface area contributed by atoms with Crippen molar-refractivity contribution in [2.24, 2.45) is 0 Å². The molecule has 1 saturated heterocycles. The normalized spacial score (nSPS) is 16.1. The Morgan fingerprint density at radius 2 is 2.09 bits per heavy atom. The van der Waals surface area contributed by atoms with Gasteiger partial charge < -0.3 is 10.2 Å². The van der Waals surface area contributed by atoms with Crippen molar-refractivity contribution in [2.45, 2.75) is 45.7 Å². The maximum Gasteiger partial charge on any atom is 0.225 e. The van der Waals surface area contributed by atoms with Crippen molar-refractivity contribution in [3.8, 4) is 0 Å². The molecule has 1 atom stereocenters. The quantitative estimate of drug-likeness (QED) is 0.451. The van der Waals surface area contributed by atoms with Gasteiger partial charge in [-0.05, 0) is 44.9 Å². The monoisotopic (exact) mass is 446 g/mol. The van der Waals surface area contributed by atoms with E-state index in [1.807, 2.05) is 66.2 Å². The summed E-state index contributed by atoms with van der Waals surface area (Å²) < 4.78 is 1.92. The van der Waals surface area contributed by atoms with Crippen LogP contribution in [0.3, 0.4) is 0 Å². The van der Waals surface area contributed by atoms with Gasteiger partial charge >= 0.3 is 0 Å². The molecule has 0 radical (unpaired) electrons. The number of hydrogen-bond acceptors (Lipinski definition) is 6. The second-order valence-electron chi connectivity index (χ2n) is 8.24. The molecule has 0 saturated carbocycles. The summed E-state index contributed by atoms with van der Waals surface area (Å²) in [5.74, 6) is 0.153. The average molecular weight is 447 g/mol. The van der Waals surface area contributed by atoms with Crippen LogP contribution < -0.4 is 5.32 Å². The molecular weight excluding hydrogens is 420 g/mol. The predicted octanol–water partition coefficient (Wildman–Crippen LogP) is 5.00. The summed E-state index contributed by atoms with van der Waals surface area (Å²) in [7, 11) is 0. The number of pyridine rings is 1. The lowest BCUT2D eigenvalue weighted by Crippen LogP contribution is -2.31. The fourth-order valence-electron chi connectivity index (χ4n) is 4.39. The molecule has 4 aromatic rings. The highest BCUT2D eigenvalue weighted by Crippen LogP contribution is 2.33. The second-order valence-corrected chi connectivity index (χ2v) is 9.48. The summed E-state index contributed by atoms with van der Waals surface area (Å²) in [5.41, 5.74) is 3.90. The van der Waals surface area contributed by atoms with E-state index in [2.05, 4.69) is 21.5 Å². The summed E-state index contributed by atoms with van der Waals surface area (Å²) in [6.07, 6.45) is 6.07. The maximum absolute atomic E-state index is 13.2. The number of fused-ring (bicyclic) bond motifs is 1. The van der Waals surface area contributed by atoms with Crippen LogP contribution in [0.2, 0.25) is 0 Å². The Morgan fingerprint density at radius 1 is 1.22 bits per heavy atom. The first kappa shape index (κ1) is 20.6. The van der Waals surface area contributed by atoms with Crippen molar-refractivity contribution >= 4 is 39.0 Å². The molecule has 164 valence electrons. The maximum atomic E-state index is 13.2. The lowest BCUT2D eigenvalue weighted by atomic mass is 10.1. The Kier molecular flexibility index (Phi) is 5.61. The third-order valence-corrected chi connectivity index (χ3v) is 6.68. The topological polar surface area (TPSA) is 75.9 Å². The van der Waals surface area contributed by atoms with Crippen molar-refractivity contribution in [1.82, 2.24) is 24.6 Å². The molecule has 1 amide bonds. The minimum atomic E-state index is 0.00958. The van der Waals surface area contributed by atoms with Crippen LogP contribution in [0.25, 0.3) is 10.9 Å². The average Bonchev–Trinajstić information content (AvgIpc) is 3.51. The van der Waals surface area contributed by atoms with Crippen LogP contribution in [0.15, 0.2) is 48.8 Å². The summed E-state index contributed by atoms with van der Waals surface area (Å²) in [5, 5.41) is 9.80. The smallest absolute Gasteiger partial charge is 0.225 e. The van der Waals surface area contributed by atoms with E-state index in [0.29, 0.717) is 13.0 Å². The molecule has 5 rings (SSSR count). The van der Waals surface area contributed by atoms with Crippen LogP contribution in [-0.2, 0) is 11.3 Å². The van der Waals surface area contributed by atoms with Crippen LogP contribution in [-0.4, -0.2) is 37.1 Å². The van der Waals surface area contributed by atoms with Crippen LogP contribution in [0, 0.1) is 13.8 Å². The number of anilines is 2. The van der Waals surface area contributed by atoms with E-state index in [4.69, 9.17) is 4.98 Å². The van der Waals surface area contributed by atoms with Crippen molar-refractivity contribution in [1.29, 1.82) is 0 Å². The fraction of sp³-hybridized carbons (Fsp3) is 0.333. The number of carbonyl (C=O) groups excluding carboxylic acids is 1. The Balaban J connectivity index is 1.31. The molecule has 1 fully saturated rings. The largest absolute Gasteiger partial charge is 0.334 e. The van der Waals surface area contributed by atoms with Gasteiger partial charge in [0.1, 0.15) is 0 Å². The highest BCUT2D eigenvalue weighted by molar-refractivity contribution is 7.15. The first-order valence-corrected chi connectivity index (χ1v) is 11.8. The minimum Gasteiger partial charge on any atom is -0.334 e. The minimum absolute atomic E-state index is 0.00958. The zero-order valence-corrected chi connectivity index (χ0v) is 19.1. The number of nitrogens with one attached hydrogen (secondary N) is 1. The van der Waals surface area contributed by atoms with E-state index < -0.39 is 0 Å². The standard InChI is InChI=1S/C24H26N6OS/c1-16-12-19(28-24-25-14-17(2)32-24)13-20(27-16)22-8-5-10-29(22)23(31)9-11-30-21-7-4-3-6-18(21)15-26-30/h3-4,6-7,12-15,22H,5,8-11H2,1-2H3,(H,25,27,28)/t22-/m0/s1. The molecule has 3 aromatic heterocycles. The molecule has 0 bridgehead atoms. The van der Waals surface area contributed by atoms with Crippen molar-refractivity contribution in [3.05, 3.63) is 65.1 Å². The van der Waals surface area contributed by atoms with Crippen LogP contribution in [0.1, 0.15) is 41.6 Å².